The molecule has 4 heteroatoms. The van der Waals surface area contributed by atoms with Gasteiger partial charge >= 0.3 is 5.97 Å². The van der Waals surface area contributed by atoms with Gasteiger partial charge in [-0.25, -0.2) is 4.79 Å². The molecule has 0 aromatic carbocycles. The van der Waals surface area contributed by atoms with Crippen LogP contribution in [0.25, 0.3) is 0 Å². The number of carboxylic acids is 1. The van der Waals surface area contributed by atoms with Crippen molar-refractivity contribution in [3.63, 3.8) is 0 Å². The molecule has 0 bridgehead atoms. The van der Waals surface area contributed by atoms with Crippen LogP contribution < -0.4 is 0 Å². The maximum Gasteiger partial charge on any atom is 0.339 e. The largest absolute Gasteiger partial charge is 0.504 e. The van der Waals surface area contributed by atoms with Crippen molar-refractivity contribution in [3.05, 3.63) is 23.5 Å². The Labute approximate surface area is 75.5 Å². The third-order valence-corrected chi connectivity index (χ3v) is 1.77. The van der Waals surface area contributed by atoms with E-state index in [4.69, 9.17) is 9.84 Å². The highest BCUT2D eigenvalue weighted by Crippen LogP contribution is 2.19. The lowest BCUT2D eigenvalue weighted by molar-refractivity contribution is -0.134. The molecular formula is C9H10O4. The Morgan fingerprint density at radius 1 is 1.69 bits per heavy atom. The minimum absolute atomic E-state index is 0.117. The van der Waals surface area contributed by atoms with Crippen LogP contribution in [0.4, 0.5) is 0 Å². The number of ketones is 1. The lowest BCUT2D eigenvalue weighted by Crippen LogP contribution is -2.16. The molecule has 13 heavy (non-hydrogen) atoms. The highest BCUT2D eigenvalue weighted by atomic mass is 16.5. The second-order valence-electron chi connectivity index (χ2n) is 2.74. The van der Waals surface area contributed by atoms with Gasteiger partial charge in [0.1, 0.15) is 0 Å². The van der Waals surface area contributed by atoms with Gasteiger partial charge in [0, 0.05) is 6.42 Å². The Morgan fingerprint density at radius 3 is 2.85 bits per heavy atom. The van der Waals surface area contributed by atoms with Crippen molar-refractivity contribution in [1.82, 2.24) is 0 Å². The van der Waals surface area contributed by atoms with E-state index in [0.29, 0.717) is 6.42 Å². The van der Waals surface area contributed by atoms with E-state index in [2.05, 4.69) is 0 Å². The molecular weight excluding hydrogens is 172 g/mol. The average molecular weight is 182 g/mol. The minimum atomic E-state index is -1.15. The molecule has 0 heterocycles. The van der Waals surface area contributed by atoms with Crippen molar-refractivity contribution >= 4 is 11.8 Å². The SMILES string of the molecule is CO/C=C1\CC=C(C(=O)O)C(=O)C1. The minimum Gasteiger partial charge on any atom is -0.504 e. The summed E-state index contributed by atoms with van der Waals surface area (Å²) in [5.41, 5.74) is 0.686. The van der Waals surface area contributed by atoms with Gasteiger partial charge in [-0.1, -0.05) is 6.08 Å². The topological polar surface area (TPSA) is 63.6 Å². The zero-order valence-corrected chi connectivity index (χ0v) is 7.24. The molecule has 0 saturated heterocycles. The molecule has 0 radical (unpaired) electrons. The molecule has 1 aliphatic carbocycles. The lowest BCUT2D eigenvalue weighted by atomic mass is 9.94. The van der Waals surface area contributed by atoms with Gasteiger partial charge in [0.25, 0.3) is 0 Å². The van der Waals surface area contributed by atoms with Gasteiger partial charge in [-0.3, -0.25) is 4.79 Å². The number of hydrogen-bond acceptors (Lipinski definition) is 3. The van der Waals surface area contributed by atoms with Crippen molar-refractivity contribution in [2.24, 2.45) is 0 Å². The number of carbonyl (C=O) groups excluding carboxylic acids is 1. The van der Waals surface area contributed by atoms with E-state index in [1.165, 1.54) is 19.4 Å². The van der Waals surface area contributed by atoms with Crippen LogP contribution >= 0.6 is 0 Å². The summed E-state index contributed by atoms with van der Waals surface area (Å²) in [5.74, 6) is -1.51. The number of ether oxygens (including phenoxy) is 1. The number of methoxy groups -OCH3 is 1. The quantitative estimate of drug-likeness (QED) is 0.508. The van der Waals surface area contributed by atoms with Crippen molar-refractivity contribution < 1.29 is 19.4 Å². The highest BCUT2D eigenvalue weighted by Gasteiger charge is 2.22. The van der Waals surface area contributed by atoms with Crippen molar-refractivity contribution in [2.75, 3.05) is 7.11 Å². The van der Waals surface area contributed by atoms with Crippen LogP contribution in [-0.4, -0.2) is 24.0 Å². The van der Waals surface area contributed by atoms with Gasteiger partial charge in [-0.05, 0) is 12.0 Å². The first-order chi connectivity index (χ1) is 6.15. The normalized spacial score (nSPS) is 19.9. The molecule has 0 fully saturated rings. The van der Waals surface area contributed by atoms with Gasteiger partial charge in [0.2, 0.25) is 0 Å². The molecule has 70 valence electrons. The van der Waals surface area contributed by atoms with Crippen LogP contribution in [0.15, 0.2) is 23.5 Å². The van der Waals surface area contributed by atoms with Gasteiger partial charge in [0.05, 0.1) is 18.9 Å². The van der Waals surface area contributed by atoms with Crippen LogP contribution in [-0.2, 0) is 14.3 Å². The molecule has 1 N–H and O–H groups in total. The molecule has 0 aliphatic heterocycles. The molecule has 0 amide bonds. The molecule has 4 nitrogen and oxygen atoms in total. The maximum atomic E-state index is 11.2. The maximum absolute atomic E-state index is 11.2. The van der Waals surface area contributed by atoms with Crippen LogP contribution in [0.2, 0.25) is 0 Å². The summed E-state index contributed by atoms with van der Waals surface area (Å²) >= 11 is 0. The number of allylic oxidation sites excluding steroid dienone is 2. The molecule has 0 aromatic rings. The van der Waals surface area contributed by atoms with Gasteiger partial charge in [0.15, 0.2) is 5.78 Å². The second-order valence-corrected chi connectivity index (χ2v) is 2.74. The van der Waals surface area contributed by atoms with Crippen LogP contribution in [0.3, 0.4) is 0 Å². The fourth-order valence-electron chi connectivity index (χ4n) is 1.18. The van der Waals surface area contributed by atoms with Crippen molar-refractivity contribution in [3.8, 4) is 0 Å². The first-order valence-corrected chi connectivity index (χ1v) is 3.82. The molecule has 0 saturated carbocycles. The predicted octanol–water partition coefficient (Wildman–Crippen LogP) is 0.891. The molecule has 1 rings (SSSR count). The molecule has 0 atom stereocenters. The van der Waals surface area contributed by atoms with Crippen LogP contribution in [0.1, 0.15) is 12.8 Å². The van der Waals surface area contributed by atoms with Gasteiger partial charge in [-0.2, -0.15) is 0 Å². The van der Waals surface area contributed by atoms with E-state index in [9.17, 15) is 9.59 Å². The molecule has 0 spiro atoms. The third kappa shape index (κ3) is 2.18. The zero-order valence-electron chi connectivity index (χ0n) is 7.24. The van der Waals surface area contributed by atoms with E-state index in [-0.39, 0.29) is 17.8 Å². The first kappa shape index (κ1) is 9.51. The van der Waals surface area contributed by atoms with E-state index in [0.717, 1.165) is 5.57 Å². The average Bonchev–Trinajstić information content (AvgIpc) is 2.04. The number of carbonyl (C=O) groups is 2. The summed E-state index contributed by atoms with van der Waals surface area (Å²) in [5, 5.41) is 8.58. The van der Waals surface area contributed by atoms with Gasteiger partial charge in [-0.15, -0.1) is 0 Å². The van der Waals surface area contributed by atoms with E-state index >= 15 is 0 Å². The van der Waals surface area contributed by atoms with Crippen LogP contribution in [0, 0.1) is 0 Å². The summed E-state index contributed by atoms with van der Waals surface area (Å²) < 4.78 is 4.73. The predicted molar refractivity (Wildman–Crippen MR) is 45.1 cm³/mol. The standard InChI is InChI=1S/C9H10O4/c1-13-5-6-2-3-7(9(11)12)8(10)4-6/h3,5H,2,4H2,1H3,(H,11,12)/b6-5+. The number of carboxylic acid groups (broad SMARTS) is 1. The Kier molecular flexibility index (Phi) is 2.84. The molecule has 0 unspecified atom stereocenters. The first-order valence-electron chi connectivity index (χ1n) is 3.82. The summed E-state index contributed by atoms with van der Waals surface area (Å²) in [7, 11) is 1.49. The molecule has 1 aliphatic rings. The number of hydrogen-bond donors (Lipinski definition) is 1. The Hall–Kier alpha value is -1.58. The second kappa shape index (κ2) is 3.89. The summed E-state index contributed by atoms with van der Waals surface area (Å²) in [6.45, 7) is 0. The summed E-state index contributed by atoms with van der Waals surface area (Å²) in [6, 6.07) is 0. The van der Waals surface area contributed by atoms with E-state index in [1.54, 1.807) is 0 Å². The number of rotatable bonds is 2. The van der Waals surface area contributed by atoms with Crippen molar-refractivity contribution in [2.45, 2.75) is 12.8 Å². The fraction of sp³-hybridized carbons (Fsp3) is 0.333. The van der Waals surface area contributed by atoms with E-state index in [1.807, 2.05) is 0 Å². The zero-order chi connectivity index (χ0) is 9.84. The highest BCUT2D eigenvalue weighted by molar-refractivity contribution is 6.17. The van der Waals surface area contributed by atoms with Crippen LogP contribution in [0.5, 0.6) is 0 Å². The lowest BCUT2D eigenvalue weighted by Gasteiger charge is -2.10. The number of aliphatic carboxylic acids is 1. The van der Waals surface area contributed by atoms with Gasteiger partial charge < -0.3 is 9.84 Å². The Bertz CT molecular complexity index is 299. The molecule has 0 aromatic heterocycles. The van der Waals surface area contributed by atoms with E-state index < -0.39 is 5.97 Å². The van der Waals surface area contributed by atoms with Crippen molar-refractivity contribution in [1.29, 1.82) is 0 Å². The summed E-state index contributed by atoms with van der Waals surface area (Å²) in [4.78, 5) is 21.7. The Balaban J connectivity index is 2.81. The monoisotopic (exact) mass is 182 g/mol. The third-order valence-electron chi connectivity index (χ3n) is 1.77. The Morgan fingerprint density at radius 2 is 2.38 bits per heavy atom. The smallest absolute Gasteiger partial charge is 0.339 e. The number of Topliss-reactive ketones (excluding diaryl/α,β-unsaturated/α-hetero) is 1. The fourth-order valence-corrected chi connectivity index (χ4v) is 1.18. The summed E-state index contributed by atoms with van der Waals surface area (Å²) in [6.07, 6.45) is 3.51.